The minimum absolute atomic E-state index is 0.0813. The lowest BCUT2D eigenvalue weighted by Gasteiger charge is -2.35. The molecule has 2 unspecified atom stereocenters. The van der Waals surface area contributed by atoms with Gasteiger partial charge in [0.1, 0.15) is 0 Å². The molecule has 3 N–H and O–H groups in total. The van der Waals surface area contributed by atoms with Crippen molar-refractivity contribution in [3.8, 4) is 0 Å². The van der Waals surface area contributed by atoms with Crippen LogP contribution in [-0.2, 0) is 4.79 Å². The van der Waals surface area contributed by atoms with E-state index in [-0.39, 0.29) is 24.5 Å². The second-order valence-electron chi connectivity index (χ2n) is 6.41. The Hall–Kier alpha value is -1.26. The Balaban J connectivity index is 2.28. The number of aliphatic carboxylic acids is 1. The minimum atomic E-state index is -0.830. The van der Waals surface area contributed by atoms with Gasteiger partial charge in [0.2, 0.25) is 0 Å². The number of carboxylic acid groups (broad SMARTS) is 1. The van der Waals surface area contributed by atoms with Crippen LogP contribution in [0.25, 0.3) is 0 Å². The largest absolute Gasteiger partial charge is 0.481 e. The average molecular weight is 270 g/mol. The highest BCUT2D eigenvalue weighted by Gasteiger charge is 2.28. The number of nitrogens with one attached hydrogen (secondary N) is 2. The van der Waals surface area contributed by atoms with Crippen molar-refractivity contribution in [2.75, 3.05) is 0 Å². The smallest absolute Gasteiger partial charge is 0.315 e. The first-order valence-corrected chi connectivity index (χ1v) is 7.07. The van der Waals surface area contributed by atoms with E-state index < -0.39 is 5.97 Å². The molecule has 1 rings (SSSR count). The van der Waals surface area contributed by atoms with Crippen molar-refractivity contribution in [2.24, 2.45) is 5.41 Å². The standard InChI is InChI=1S/C14H26N2O3/c1-10(6-7-12(17)18)15-13(19)16-11-5-4-8-14(2,3)9-11/h10-11H,4-9H2,1-3H3,(H,17,18)(H2,15,16,19). The van der Waals surface area contributed by atoms with Crippen LogP contribution in [0.3, 0.4) is 0 Å². The van der Waals surface area contributed by atoms with E-state index in [4.69, 9.17) is 5.11 Å². The molecule has 2 atom stereocenters. The third-order valence-corrected chi connectivity index (χ3v) is 3.71. The summed E-state index contributed by atoms with van der Waals surface area (Å²) in [5.41, 5.74) is 0.297. The van der Waals surface area contributed by atoms with E-state index in [1.54, 1.807) is 0 Å². The summed E-state index contributed by atoms with van der Waals surface area (Å²) >= 11 is 0. The number of carbonyl (C=O) groups excluding carboxylic acids is 1. The molecule has 1 saturated carbocycles. The Labute approximate surface area is 115 Å². The fraction of sp³-hybridized carbons (Fsp3) is 0.857. The summed E-state index contributed by atoms with van der Waals surface area (Å²) in [4.78, 5) is 22.3. The van der Waals surface area contributed by atoms with E-state index in [0.717, 1.165) is 19.3 Å². The highest BCUT2D eigenvalue weighted by molar-refractivity contribution is 5.74. The molecular weight excluding hydrogens is 244 g/mol. The summed E-state index contributed by atoms with van der Waals surface area (Å²) in [5, 5.41) is 14.4. The van der Waals surface area contributed by atoms with Crippen LogP contribution in [0.5, 0.6) is 0 Å². The second kappa shape index (κ2) is 6.78. The predicted octanol–water partition coefficient (Wildman–Crippen LogP) is 2.51. The molecule has 2 amide bonds. The van der Waals surface area contributed by atoms with E-state index in [1.807, 2.05) is 6.92 Å². The molecule has 19 heavy (non-hydrogen) atoms. The van der Waals surface area contributed by atoms with Gasteiger partial charge in [-0.05, 0) is 38.0 Å². The number of carboxylic acids is 1. The average Bonchev–Trinajstić information content (AvgIpc) is 2.24. The Morgan fingerprint density at radius 1 is 1.42 bits per heavy atom. The van der Waals surface area contributed by atoms with E-state index in [9.17, 15) is 9.59 Å². The summed E-state index contributed by atoms with van der Waals surface area (Å²) in [6.07, 6.45) is 4.93. The summed E-state index contributed by atoms with van der Waals surface area (Å²) in [7, 11) is 0. The Kier molecular flexibility index (Phi) is 5.63. The lowest BCUT2D eigenvalue weighted by atomic mass is 9.75. The van der Waals surface area contributed by atoms with Crippen LogP contribution in [0.4, 0.5) is 4.79 Å². The van der Waals surface area contributed by atoms with Crippen molar-refractivity contribution < 1.29 is 14.7 Å². The van der Waals surface area contributed by atoms with Crippen molar-refractivity contribution in [1.29, 1.82) is 0 Å². The van der Waals surface area contributed by atoms with Crippen molar-refractivity contribution >= 4 is 12.0 Å². The first kappa shape index (κ1) is 15.8. The predicted molar refractivity (Wildman–Crippen MR) is 74.0 cm³/mol. The highest BCUT2D eigenvalue weighted by atomic mass is 16.4. The van der Waals surface area contributed by atoms with Gasteiger partial charge in [0.05, 0.1) is 0 Å². The van der Waals surface area contributed by atoms with Crippen molar-refractivity contribution in [3.05, 3.63) is 0 Å². The van der Waals surface area contributed by atoms with Gasteiger partial charge < -0.3 is 15.7 Å². The van der Waals surface area contributed by atoms with Crippen molar-refractivity contribution in [3.63, 3.8) is 0 Å². The first-order chi connectivity index (χ1) is 8.78. The van der Waals surface area contributed by atoms with Gasteiger partial charge in [-0.1, -0.05) is 20.3 Å². The van der Waals surface area contributed by atoms with Gasteiger partial charge in [0, 0.05) is 18.5 Å². The molecular formula is C14H26N2O3. The Bertz CT molecular complexity index is 329. The molecule has 5 nitrogen and oxygen atoms in total. The molecule has 1 aliphatic carbocycles. The molecule has 0 saturated heterocycles. The SMILES string of the molecule is CC(CCC(=O)O)NC(=O)NC1CCCC(C)(C)C1. The van der Waals surface area contributed by atoms with E-state index in [1.165, 1.54) is 6.42 Å². The zero-order valence-electron chi connectivity index (χ0n) is 12.2. The monoisotopic (exact) mass is 270 g/mol. The molecule has 0 heterocycles. The molecule has 5 heteroatoms. The maximum atomic E-state index is 11.8. The molecule has 1 fully saturated rings. The number of urea groups is 1. The quantitative estimate of drug-likeness (QED) is 0.718. The van der Waals surface area contributed by atoms with Crippen LogP contribution in [0.15, 0.2) is 0 Å². The Morgan fingerprint density at radius 3 is 2.68 bits per heavy atom. The number of rotatable bonds is 5. The van der Waals surface area contributed by atoms with Gasteiger partial charge in [-0.3, -0.25) is 4.79 Å². The summed E-state index contributed by atoms with van der Waals surface area (Å²) < 4.78 is 0. The molecule has 0 aromatic rings. The van der Waals surface area contributed by atoms with E-state index in [2.05, 4.69) is 24.5 Å². The zero-order chi connectivity index (χ0) is 14.5. The number of carbonyl (C=O) groups is 2. The lowest BCUT2D eigenvalue weighted by molar-refractivity contribution is -0.137. The van der Waals surface area contributed by atoms with Gasteiger partial charge >= 0.3 is 12.0 Å². The first-order valence-electron chi connectivity index (χ1n) is 7.07. The minimum Gasteiger partial charge on any atom is -0.481 e. The summed E-state index contributed by atoms with van der Waals surface area (Å²) in [6.45, 7) is 6.29. The zero-order valence-corrected chi connectivity index (χ0v) is 12.2. The normalized spacial score (nSPS) is 23.4. The van der Waals surface area contributed by atoms with E-state index >= 15 is 0 Å². The topological polar surface area (TPSA) is 78.4 Å². The lowest BCUT2D eigenvalue weighted by Crippen LogP contribution is -2.47. The molecule has 0 spiro atoms. The van der Waals surface area contributed by atoms with Crippen molar-refractivity contribution in [2.45, 2.75) is 71.4 Å². The molecule has 110 valence electrons. The van der Waals surface area contributed by atoms with Crippen LogP contribution in [0.2, 0.25) is 0 Å². The molecule has 0 bridgehead atoms. The van der Waals surface area contributed by atoms with Gasteiger partial charge in [-0.2, -0.15) is 0 Å². The van der Waals surface area contributed by atoms with Crippen LogP contribution < -0.4 is 10.6 Å². The van der Waals surface area contributed by atoms with Crippen LogP contribution in [0.1, 0.15) is 59.3 Å². The molecule has 1 aliphatic rings. The third kappa shape index (κ3) is 6.45. The van der Waals surface area contributed by atoms with Gasteiger partial charge in [0.25, 0.3) is 0 Å². The molecule has 0 aliphatic heterocycles. The van der Waals surface area contributed by atoms with E-state index in [0.29, 0.717) is 11.8 Å². The number of amides is 2. The second-order valence-corrected chi connectivity index (χ2v) is 6.41. The van der Waals surface area contributed by atoms with Crippen LogP contribution in [0, 0.1) is 5.41 Å². The van der Waals surface area contributed by atoms with Crippen molar-refractivity contribution in [1.82, 2.24) is 10.6 Å². The highest BCUT2D eigenvalue weighted by Crippen LogP contribution is 2.34. The molecule has 0 aromatic carbocycles. The summed E-state index contributed by atoms with van der Waals surface area (Å²) in [5.74, 6) is -0.830. The van der Waals surface area contributed by atoms with Gasteiger partial charge in [-0.15, -0.1) is 0 Å². The van der Waals surface area contributed by atoms with Crippen LogP contribution >= 0.6 is 0 Å². The third-order valence-electron chi connectivity index (χ3n) is 3.71. The van der Waals surface area contributed by atoms with Gasteiger partial charge in [-0.25, -0.2) is 4.79 Å². The Morgan fingerprint density at radius 2 is 2.11 bits per heavy atom. The number of hydrogen-bond acceptors (Lipinski definition) is 2. The number of hydrogen-bond donors (Lipinski definition) is 3. The maximum absolute atomic E-state index is 11.8. The fourth-order valence-electron chi connectivity index (χ4n) is 2.68. The maximum Gasteiger partial charge on any atom is 0.315 e. The fourth-order valence-corrected chi connectivity index (χ4v) is 2.68. The van der Waals surface area contributed by atoms with Crippen LogP contribution in [-0.4, -0.2) is 29.2 Å². The molecule has 0 radical (unpaired) electrons. The summed E-state index contributed by atoms with van der Waals surface area (Å²) in [6, 6.07) is -0.0660. The molecule has 0 aromatic heterocycles. The van der Waals surface area contributed by atoms with Gasteiger partial charge in [0.15, 0.2) is 0 Å².